The summed E-state index contributed by atoms with van der Waals surface area (Å²) >= 11 is 0. The first-order chi connectivity index (χ1) is 9.38. The summed E-state index contributed by atoms with van der Waals surface area (Å²) in [6.45, 7) is 0.369. The molecule has 0 atom stereocenters. The van der Waals surface area contributed by atoms with Crippen LogP contribution in [0.5, 0.6) is 0 Å². The lowest BCUT2D eigenvalue weighted by molar-refractivity contribution is 0.132. The van der Waals surface area contributed by atoms with Crippen molar-refractivity contribution in [3.05, 3.63) is 65.7 Å². The molecule has 0 saturated carbocycles. The fraction of sp³-hybridized carbons (Fsp3) is 0.0667. The molecule has 0 aliphatic rings. The first kappa shape index (κ1) is 12.7. The number of benzene rings is 2. The van der Waals surface area contributed by atoms with Crippen LogP contribution in [0, 0.1) is 0 Å². The van der Waals surface area contributed by atoms with Gasteiger partial charge in [0.05, 0.1) is 11.9 Å². The third kappa shape index (κ3) is 4.22. The second-order valence-corrected chi connectivity index (χ2v) is 3.79. The van der Waals surface area contributed by atoms with Crippen LogP contribution in [0.3, 0.4) is 0 Å². The van der Waals surface area contributed by atoms with E-state index in [1.54, 1.807) is 18.3 Å². The minimum absolute atomic E-state index is 0.369. The zero-order valence-electron chi connectivity index (χ0n) is 10.2. The van der Waals surface area contributed by atoms with Crippen LogP contribution in [0.4, 0.5) is 5.69 Å². The molecule has 0 unspecified atom stereocenters. The number of nitrogens with zero attached hydrogens (tertiary/aromatic N) is 2. The van der Waals surface area contributed by atoms with Gasteiger partial charge in [-0.05, 0) is 23.3 Å². The zero-order chi connectivity index (χ0) is 13.3. The topological polar surface area (TPSA) is 51.0 Å². The normalized spacial score (nSPS) is 10.1. The fourth-order valence-corrected chi connectivity index (χ4v) is 1.47. The Hall–Kier alpha value is -2.71. The predicted molar refractivity (Wildman–Crippen MR) is 73.0 cm³/mol. The molecule has 0 N–H and O–H groups in total. The zero-order valence-corrected chi connectivity index (χ0v) is 10.2. The lowest BCUT2D eigenvalue weighted by atomic mass is 10.2. The highest BCUT2D eigenvalue weighted by atomic mass is 16.6. The highest BCUT2D eigenvalue weighted by Crippen LogP contribution is 2.12. The van der Waals surface area contributed by atoms with E-state index in [2.05, 4.69) is 10.1 Å². The highest BCUT2D eigenvalue weighted by Gasteiger charge is 1.93. The lowest BCUT2D eigenvalue weighted by Crippen LogP contribution is -1.87. The SMILES string of the molecule is O=C=Nc1ccc(CON=Cc2ccccc2)cc1. The molecule has 0 aliphatic carbocycles. The van der Waals surface area contributed by atoms with Crippen molar-refractivity contribution in [3.8, 4) is 0 Å². The van der Waals surface area contributed by atoms with Gasteiger partial charge in [-0.2, -0.15) is 4.99 Å². The van der Waals surface area contributed by atoms with Gasteiger partial charge in [-0.25, -0.2) is 4.79 Å². The molecule has 4 nitrogen and oxygen atoms in total. The first-order valence-electron chi connectivity index (χ1n) is 5.76. The Morgan fingerprint density at radius 2 is 1.79 bits per heavy atom. The van der Waals surface area contributed by atoms with Gasteiger partial charge in [-0.1, -0.05) is 47.6 Å². The highest BCUT2D eigenvalue weighted by molar-refractivity contribution is 5.78. The average molecular weight is 252 g/mol. The largest absolute Gasteiger partial charge is 0.391 e. The number of carbonyl (C=O) groups excluding carboxylic acids is 1. The number of hydrogen-bond acceptors (Lipinski definition) is 4. The van der Waals surface area contributed by atoms with Crippen LogP contribution in [0.1, 0.15) is 11.1 Å². The van der Waals surface area contributed by atoms with Crippen LogP contribution in [0.2, 0.25) is 0 Å². The second kappa shape index (κ2) is 6.89. The molecule has 19 heavy (non-hydrogen) atoms. The Morgan fingerprint density at radius 3 is 2.47 bits per heavy atom. The number of isocyanates is 1. The Morgan fingerprint density at radius 1 is 1.05 bits per heavy atom. The van der Waals surface area contributed by atoms with Crippen LogP contribution in [0.25, 0.3) is 0 Å². The van der Waals surface area contributed by atoms with Crippen LogP contribution in [-0.2, 0) is 16.2 Å². The molecule has 0 spiro atoms. The summed E-state index contributed by atoms with van der Waals surface area (Å²) in [5, 5.41) is 3.88. The molecular weight excluding hydrogens is 240 g/mol. The van der Waals surface area contributed by atoms with E-state index in [4.69, 9.17) is 4.84 Å². The third-order valence-electron chi connectivity index (χ3n) is 2.42. The van der Waals surface area contributed by atoms with E-state index in [1.165, 1.54) is 6.08 Å². The Kier molecular flexibility index (Phi) is 4.62. The van der Waals surface area contributed by atoms with E-state index in [9.17, 15) is 4.79 Å². The van der Waals surface area contributed by atoms with Crippen LogP contribution in [-0.4, -0.2) is 12.3 Å². The van der Waals surface area contributed by atoms with Crippen LogP contribution in [0.15, 0.2) is 64.7 Å². The van der Waals surface area contributed by atoms with Crippen molar-refractivity contribution >= 4 is 18.0 Å². The summed E-state index contributed by atoms with van der Waals surface area (Å²) in [4.78, 5) is 18.8. The summed E-state index contributed by atoms with van der Waals surface area (Å²) in [6, 6.07) is 16.8. The summed E-state index contributed by atoms with van der Waals surface area (Å²) < 4.78 is 0. The van der Waals surface area contributed by atoms with E-state index >= 15 is 0 Å². The number of rotatable bonds is 5. The molecule has 2 aromatic rings. The molecule has 0 amide bonds. The van der Waals surface area contributed by atoms with Gasteiger partial charge in [-0.3, -0.25) is 0 Å². The first-order valence-corrected chi connectivity index (χ1v) is 5.76. The predicted octanol–water partition coefficient (Wildman–Crippen LogP) is 3.20. The number of aliphatic imine (C=N–C) groups is 1. The molecule has 0 fully saturated rings. The smallest absolute Gasteiger partial charge is 0.240 e. The molecule has 4 heteroatoms. The minimum atomic E-state index is 0.369. The maximum absolute atomic E-state index is 10.1. The summed E-state index contributed by atoms with van der Waals surface area (Å²) in [5.41, 5.74) is 2.51. The van der Waals surface area contributed by atoms with E-state index < -0.39 is 0 Å². The van der Waals surface area contributed by atoms with E-state index in [0.29, 0.717) is 12.3 Å². The minimum Gasteiger partial charge on any atom is -0.391 e. The lowest BCUT2D eigenvalue weighted by Gasteiger charge is -1.99. The molecular formula is C15H12N2O2. The number of oxime groups is 1. The van der Waals surface area contributed by atoms with Crippen molar-refractivity contribution in [2.24, 2.45) is 10.1 Å². The van der Waals surface area contributed by atoms with E-state index in [-0.39, 0.29) is 0 Å². The van der Waals surface area contributed by atoms with E-state index in [1.807, 2.05) is 42.5 Å². The van der Waals surface area contributed by atoms with Crippen molar-refractivity contribution in [2.45, 2.75) is 6.61 Å². The monoisotopic (exact) mass is 252 g/mol. The summed E-state index contributed by atoms with van der Waals surface area (Å²) in [6.07, 6.45) is 3.15. The molecule has 94 valence electrons. The van der Waals surface area contributed by atoms with Gasteiger partial charge in [0, 0.05) is 0 Å². The molecule has 0 saturated heterocycles. The molecule has 0 heterocycles. The van der Waals surface area contributed by atoms with Gasteiger partial charge in [0.1, 0.15) is 6.61 Å². The standard InChI is InChI=1S/C15H12N2O2/c18-12-16-15-8-6-14(7-9-15)11-19-17-10-13-4-2-1-3-5-13/h1-10H,11H2. The van der Waals surface area contributed by atoms with Crippen molar-refractivity contribution in [3.63, 3.8) is 0 Å². The Labute approximate surface area is 111 Å². The van der Waals surface area contributed by atoms with Crippen molar-refractivity contribution in [1.82, 2.24) is 0 Å². The van der Waals surface area contributed by atoms with Gasteiger partial charge in [0.15, 0.2) is 0 Å². The average Bonchev–Trinajstić information content (AvgIpc) is 2.47. The molecule has 2 aromatic carbocycles. The third-order valence-corrected chi connectivity index (χ3v) is 2.42. The van der Waals surface area contributed by atoms with Gasteiger partial charge in [-0.15, -0.1) is 0 Å². The van der Waals surface area contributed by atoms with Gasteiger partial charge in [0.2, 0.25) is 6.08 Å². The molecule has 0 aliphatic heterocycles. The van der Waals surface area contributed by atoms with Crippen molar-refractivity contribution in [2.75, 3.05) is 0 Å². The van der Waals surface area contributed by atoms with E-state index in [0.717, 1.165) is 11.1 Å². The Balaban J connectivity index is 1.85. The molecule has 2 rings (SSSR count). The molecule has 0 aromatic heterocycles. The summed E-state index contributed by atoms with van der Waals surface area (Å²) in [7, 11) is 0. The summed E-state index contributed by atoms with van der Waals surface area (Å²) in [5.74, 6) is 0. The van der Waals surface area contributed by atoms with Gasteiger partial charge in [0.25, 0.3) is 0 Å². The molecule has 0 radical (unpaired) electrons. The van der Waals surface area contributed by atoms with Crippen LogP contribution >= 0.6 is 0 Å². The second-order valence-electron chi connectivity index (χ2n) is 3.79. The van der Waals surface area contributed by atoms with Crippen LogP contribution < -0.4 is 0 Å². The fourth-order valence-electron chi connectivity index (χ4n) is 1.47. The van der Waals surface area contributed by atoms with Gasteiger partial charge >= 0.3 is 0 Å². The molecule has 0 bridgehead atoms. The van der Waals surface area contributed by atoms with Gasteiger partial charge < -0.3 is 4.84 Å². The number of hydrogen-bond donors (Lipinski definition) is 0. The maximum Gasteiger partial charge on any atom is 0.240 e. The van der Waals surface area contributed by atoms with Crippen molar-refractivity contribution in [1.29, 1.82) is 0 Å². The maximum atomic E-state index is 10.1. The quantitative estimate of drug-likeness (QED) is 0.466. The Bertz CT molecular complexity index is 585. The van der Waals surface area contributed by atoms with Crippen molar-refractivity contribution < 1.29 is 9.63 Å².